The standard InChI is InChI=1S/C26H26N4O5/c1-30-14-16(13-27-30)22(23(31)32)28-24(33)26(11-6-12-26)29-25(34)35-15-21-19-9-4-2-7-17(19)18-8-3-5-10-20(18)21/h2-5,7-10,13-14,21-22H,6,11-12,15H2,1H3,(H,28,33)(H,29,34)(H,31,32). The molecule has 3 aromatic rings. The first-order chi connectivity index (χ1) is 16.9. The molecule has 180 valence electrons. The molecule has 1 fully saturated rings. The van der Waals surface area contributed by atoms with Crippen LogP contribution in [0.5, 0.6) is 0 Å². The minimum absolute atomic E-state index is 0.0960. The normalized spacial score (nSPS) is 16.4. The zero-order chi connectivity index (χ0) is 24.6. The number of carboxylic acid groups (broad SMARTS) is 1. The molecule has 0 bridgehead atoms. The second-order valence-electron chi connectivity index (χ2n) is 9.08. The summed E-state index contributed by atoms with van der Waals surface area (Å²) in [5, 5.41) is 18.9. The van der Waals surface area contributed by atoms with Crippen LogP contribution in [0.25, 0.3) is 11.1 Å². The Hall–Kier alpha value is -4.14. The molecular weight excluding hydrogens is 448 g/mol. The summed E-state index contributed by atoms with van der Waals surface area (Å²) in [7, 11) is 1.66. The summed E-state index contributed by atoms with van der Waals surface area (Å²) in [4.78, 5) is 37.7. The summed E-state index contributed by atoms with van der Waals surface area (Å²) >= 11 is 0. The quantitative estimate of drug-likeness (QED) is 0.484. The molecule has 0 radical (unpaired) electrons. The number of aliphatic carboxylic acids is 1. The number of carbonyl (C=O) groups excluding carboxylic acids is 2. The Labute approximate surface area is 202 Å². The van der Waals surface area contributed by atoms with E-state index in [4.69, 9.17) is 4.74 Å². The number of nitrogens with one attached hydrogen (secondary N) is 2. The fourth-order valence-electron chi connectivity index (χ4n) is 4.92. The van der Waals surface area contributed by atoms with Crippen molar-refractivity contribution < 1.29 is 24.2 Å². The average Bonchev–Trinajstić information content (AvgIpc) is 3.39. The first-order valence-electron chi connectivity index (χ1n) is 11.5. The van der Waals surface area contributed by atoms with E-state index in [1.165, 1.54) is 17.1 Å². The molecule has 35 heavy (non-hydrogen) atoms. The summed E-state index contributed by atoms with van der Waals surface area (Å²) in [6.45, 7) is 0.130. The van der Waals surface area contributed by atoms with E-state index in [9.17, 15) is 19.5 Å². The highest BCUT2D eigenvalue weighted by atomic mass is 16.5. The molecule has 1 saturated carbocycles. The molecule has 1 heterocycles. The van der Waals surface area contributed by atoms with E-state index in [1.54, 1.807) is 7.05 Å². The lowest BCUT2D eigenvalue weighted by atomic mass is 9.76. The number of hydrogen-bond donors (Lipinski definition) is 3. The maximum absolute atomic E-state index is 13.1. The van der Waals surface area contributed by atoms with Crippen LogP contribution in [0.15, 0.2) is 60.9 Å². The molecule has 0 aliphatic heterocycles. The lowest BCUT2D eigenvalue weighted by Crippen LogP contribution is -2.63. The summed E-state index contributed by atoms with van der Waals surface area (Å²) < 4.78 is 7.07. The van der Waals surface area contributed by atoms with Gasteiger partial charge in [0.1, 0.15) is 12.1 Å². The van der Waals surface area contributed by atoms with Crippen LogP contribution in [0, 0.1) is 0 Å². The van der Waals surface area contributed by atoms with Crippen molar-refractivity contribution in [3.05, 3.63) is 77.6 Å². The van der Waals surface area contributed by atoms with Gasteiger partial charge in [0.25, 0.3) is 0 Å². The van der Waals surface area contributed by atoms with E-state index < -0.39 is 29.6 Å². The van der Waals surface area contributed by atoms with Crippen molar-refractivity contribution in [3.8, 4) is 11.1 Å². The summed E-state index contributed by atoms with van der Waals surface area (Å²) in [6.07, 6.45) is 3.78. The fraction of sp³-hybridized carbons (Fsp3) is 0.308. The number of alkyl carbamates (subject to hydrolysis) is 1. The van der Waals surface area contributed by atoms with Crippen LogP contribution < -0.4 is 10.6 Å². The Morgan fingerprint density at radius 3 is 2.26 bits per heavy atom. The molecular formula is C26H26N4O5. The SMILES string of the molecule is Cn1cc(C(NC(=O)C2(NC(=O)OCC3c4ccccc4-c4ccccc43)CCC2)C(=O)O)cn1. The minimum Gasteiger partial charge on any atom is -0.479 e. The van der Waals surface area contributed by atoms with Crippen molar-refractivity contribution >= 4 is 18.0 Å². The molecule has 5 rings (SSSR count). The lowest BCUT2D eigenvalue weighted by molar-refractivity contribution is -0.144. The Kier molecular flexibility index (Phi) is 5.76. The van der Waals surface area contributed by atoms with E-state index in [0.717, 1.165) is 28.7 Å². The summed E-state index contributed by atoms with van der Waals surface area (Å²) in [5.41, 5.74) is 3.60. The van der Waals surface area contributed by atoms with Gasteiger partial charge in [-0.2, -0.15) is 5.10 Å². The minimum atomic E-state index is -1.27. The number of ether oxygens (including phenoxy) is 1. The van der Waals surface area contributed by atoms with Gasteiger partial charge in [-0.05, 0) is 41.5 Å². The van der Waals surface area contributed by atoms with Crippen LogP contribution in [-0.4, -0.2) is 45.0 Å². The zero-order valence-electron chi connectivity index (χ0n) is 19.2. The first kappa shape index (κ1) is 22.6. The largest absolute Gasteiger partial charge is 0.479 e. The number of benzene rings is 2. The van der Waals surface area contributed by atoms with E-state index in [1.807, 2.05) is 36.4 Å². The maximum Gasteiger partial charge on any atom is 0.408 e. The van der Waals surface area contributed by atoms with Crippen LogP contribution in [0.4, 0.5) is 4.79 Å². The van der Waals surface area contributed by atoms with E-state index >= 15 is 0 Å². The number of carboxylic acids is 1. The van der Waals surface area contributed by atoms with Crippen molar-refractivity contribution in [1.82, 2.24) is 20.4 Å². The maximum atomic E-state index is 13.1. The monoisotopic (exact) mass is 474 g/mol. The Morgan fingerprint density at radius 1 is 1.11 bits per heavy atom. The number of amides is 2. The number of carbonyl (C=O) groups is 3. The Morgan fingerprint density at radius 2 is 1.74 bits per heavy atom. The highest BCUT2D eigenvalue weighted by Gasteiger charge is 2.47. The summed E-state index contributed by atoms with van der Waals surface area (Å²) in [6, 6.07) is 14.8. The van der Waals surface area contributed by atoms with Crippen LogP contribution in [0.2, 0.25) is 0 Å². The van der Waals surface area contributed by atoms with Crippen molar-refractivity contribution in [3.63, 3.8) is 0 Å². The van der Waals surface area contributed by atoms with Gasteiger partial charge >= 0.3 is 12.1 Å². The number of fused-ring (bicyclic) bond motifs is 3. The fourth-order valence-corrected chi connectivity index (χ4v) is 4.92. The molecule has 3 N–H and O–H groups in total. The summed E-state index contributed by atoms with van der Waals surface area (Å²) in [5.74, 6) is -1.85. The molecule has 9 heteroatoms. The van der Waals surface area contributed by atoms with Gasteiger partial charge in [-0.15, -0.1) is 0 Å². The molecule has 2 aliphatic rings. The van der Waals surface area contributed by atoms with Crippen LogP contribution in [0.3, 0.4) is 0 Å². The molecule has 1 atom stereocenters. The number of rotatable bonds is 7. The van der Waals surface area contributed by atoms with Gasteiger partial charge in [0.05, 0.1) is 6.20 Å². The molecule has 9 nitrogen and oxygen atoms in total. The number of aryl methyl sites for hydroxylation is 1. The lowest BCUT2D eigenvalue weighted by Gasteiger charge is -2.40. The molecule has 0 saturated heterocycles. The topological polar surface area (TPSA) is 123 Å². The molecule has 2 aromatic carbocycles. The first-order valence-corrected chi connectivity index (χ1v) is 11.5. The third-order valence-electron chi connectivity index (χ3n) is 6.91. The number of nitrogens with zero attached hydrogens (tertiary/aromatic N) is 2. The predicted octanol–water partition coefficient (Wildman–Crippen LogP) is 3.12. The van der Waals surface area contributed by atoms with Gasteiger partial charge in [-0.25, -0.2) is 9.59 Å². The highest BCUT2D eigenvalue weighted by molar-refractivity contribution is 5.93. The molecule has 0 spiro atoms. The smallest absolute Gasteiger partial charge is 0.408 e. The van der Waals surface area contributed by atoms with Gasteiger partial charge in [0.2, 0.25) is 5.91 Å². The molecule has 2 aliphatic carbocycles. The van der Waals surface area contributed by atoms with Crippen molar-refractivity contribution in [2.24, 2.45) is 7.05 Å². The zero-order valence-corrected chi connectivity index (χ0v) is 19.2. The van der Waals surface area contributed by atoms with Crippen LogP contribution in [-0.2, 0) is 21.4 Å². The Bertz CT molecular complexity index is 1250. The second kappa shape index (κ2) is 8.90. The number of aromatic nitrogens is 2. The second-order valence-corrected chi connectivity index (χ2v) is 9.08. The third-order valence-corrected chi connectivity index (χ3v) is 6.91. The van der Waals surface area contributed by atoms with Crippen molar-refractivity contribution in [1.29, 1.82) is 0 Å². The Balaban J connectivity index is 1.26. The van der Waals surface area contributed by atoms with Crippen molar-refractivity contribution in [2.75, 3.05) is 6.61 Å². The van der Waals surface area contributed by atoms with E-state index in [-0.39, 0.29) is 12.5 Å². The van der Waals surface area contributed by atoms with Crippen LogP contribution in [0.1, 0.15) is 47.9 Å². The highest BCUT2D eigenvalue weighted by Crippen LogP contribution is 2.44. The van der Waals surface area contributed by atoms with E-state index in [0.29, 0.717) is 18.4 Å². The van der Waals surface area contributed by atoms with E-state index in [2.05, 4.69) is 27.9 Å². The van der Waals surface area contributed by atoms with Gasteiger partial charge in [0, 0.05) is 24.7 Å². The average molecular weight is 475 g/mol. The van der Waals surface area contributed by atoms with Gasteiger partial charge in [-0.3, -0.25) is 9.48 Å². The van der Waals surface area contributed by atoms with Gasteiger partial charge < -0.3 is 20.5 Å². The van der Waals surface area contributed by atoms with Crippen LogP contribution >= 0.6 is 0 Å². The molecule has 2 amide bonds. The number of hydrogen-bond acceptors (Lipinski definition) is 5. The molecule has 1 unspecified atom stereocenters. The van der Waals surface area contributed by atoms with Gasteiger partial charge in [-0.1, -0.05) is 48.5 Å². The third kappa shape index (κ3) is 4.14. The molecule has 1 aromatic heterocycles. The predicted molar refractivity (Wildman–Crippen MR) is 127 cm³/mol. The van der Waals surface area contributed by atoms with Crippen molar-refractivity contribution in [2.45, 2.75) is 36.8 Å². The van der Waals surface area contributed by atoms with Gasteiger partial charge in [0.15, 0.2) is 6.04 Å².